The number of carbonyl (C=O) groups excluding carboxylic acids is 1. The number of amides is 1. The summed E-state index contributed by atoms with van der Waals surface area (Å²) in [6.07, 6.45) is 7.10. The summed E-state index contributed by atoms with van der Waals surface area (Å²) < 4.78 is 5.37. The molecule has 2 aliphatic rings. The fourth-order valence-electron chi connectivity index (χ4n) is 3.52. The van der Waals surface area contributed by atoms with Crippen molar-refractivity contribution in [3.63, 3.8) is 0 Å². The van der Waals surface area contributed by atoms with Crippen molar-refractivity contribution < 1.29 is 14.6 Å². The van der Waals surface area contributed by atoms with Crippen LogP contribution in [0.3, 0.4) is 0 Å². The van der Waals surface area contributed by atoms with E-state index in [2.05, 4.69) is 0 Å². The molecule has 1 amide bonds. The molecule has 1 aliphatic heterocycles. The van der Waals surface area contributed by atoms with Gasteiger partial charge in [0.15, 0.2) is 0 Å². The first-order valence-electron chi connectivity index (χ1n) is 7.79. The molecule has 2 fully saturated rings. The first kappa shape index (κ1) is 14.8. The van der Waals surface area contributed by atoms with Gasteiger partial charge in [-0.05, 0) is 32.1 Å². The van der Waals surface area contributed by atoms with E-state index in [-0.39, 0.29) is 30.6 Å². The summed E-state index contributed by atoms with van der Waals surface area (Å²) in [7, 11) is 0. The third kappa shape index (κ3) is 3.69. The summed E-state index contributed by atoms with van der Waals surface area (Å²) in [5.74, 6) is 0.389. The molecule has 2 rings (SSSR count). The number of likely N-dealkylation sites (tertiary alicyclic amines) is 1. The highest BCUT2D eigenvalue weighted by molar-refractivity contribution is 5.78. The van der Waals surface area contributed by atoms with Crippen molar-refractivity contribution in [1.29, 1.82) is 0 Å². The molecule has 110 valence electrons. The number of ether oxygens (including phenoxy) is 1. The maximum absolute atomic E-state index is 12.2. The van der Waals surface area contributed by atoms with Crippen LogP contribution in [0.25, 0.3) is 0 Å². The topological polar surface area (TPSA) is 49.8 Å². The molecule has 4 nitrogen and oxygen atoms in total. The number of aliphatic hydroxyl groups excluding tert-OH is 1. The van der Waals surface area contributed by atoms with E-state index in [0.29, 0.717) is 6.61 Å². The van der Waals surface area contributed by atoms with Crippen LogP contribution >= 0.6 is 0 Å². The molecule has 1 saturated carbocycles. The van der Waals surface area contributed by atoms with Gasteiger partial charge in [-0.2, -0.15) is 0 Å². The van der Waals surface area contributed by atoms with Gasteiger partial charge < -0.3 is 14.7 Å². The fraction of sp³-hybridized carbons (Fsp3) is 0.933. The summed E-state index contributed by atoms with van der Waals surface area (Å²) in [4.78, 5) is 14.2. The molecule has 0 aromatic carbocycles. The van der Waals surface area contributed by atoms with Crippen LogP contribution in [0.1, 0.15) is 51.9 Å². The van der Waals surface area contributed by atoms with E-state index in [9.17, 15) is 9.90 Å². The first-order valence-corrected chi connectivity index (χ1v) is 7.79. The van der Waals surface area contributed by atoms with Gasteiger partial charge in [-0.1, -0.05) is 19.8 Å². The third-order valence-electron chi connectivity index (χ3n) is 4.47. The Balaban J connectivity index is 1.90. The molecule has 0 aromatic rings. The third-order valence-corrected chi connectivity index (χ3v) is 4.47. The van der Waals surface area contributed by atoms with Crippen LogP contribution in [-0.2, 0) is 9.53 Å². The van der Waals surface area contributed by atoms with Crippen molar-refractivity contribution in [3.05, 3.63) is 0 Å². The largest absolute Gasteiger partial charge is 0.393 e. The van der Waals surface area contributed by atoms with E-state index in [4.69, 9.17) is 4.74 Å². The number of aliphatic hydroxyl groups is 1. The van der Waals surface area contributed by atoms with Crippen LogP contribution in [0, 0.1) is 5.92 Å². The van der Waals surface area contributed by atoms with Crippen molar-refractivity contribution in [2.45, 2.75) is 64.0 Å². The molecular weight excluding hydrogens is 242 g/mol. The Hall–Kier alpha value is -0.610. The second kappa shape index (κ2) is 7.25. The van der Waals surface area contributed by atoms with E-state index >= 15 is 0 Å². The van der Waals surface area contributed by atoms with E-state index < -0.39 is 0 Å². The standard InChI is InChI=1S/C15H27NO3/c1-2-10-19-11-15(18)16-9-5-7-13(16)12-6-3-4-8-14(12)17/h12-14,17H,2-11H2,1H3. The zero-order valence-corrected chi connectivity index (χ0v) is 12.0. The minimum absolute atomic E-state index is 0.105. The van der Waals surface area contributed by atoms with Crippen LogP contribution in [-0.4, -0.2) is 47.8 Å². The summed E-state index contributed by atoms with van der Waals surface area (Å²) in [6.45, 7) is 3.73. The lowest BCUT2D eigenvalue weighted by Gasteiger charge is -2.37. The van der Waals surface area contributed by atoms with Gasteiger partial charge in [0.2, 0.25) is 5.91 Å². The monoisotopic (exact) mass is 269 g/mol. The SMILES string of the molecule is CCCOCC(=O)N1CCCC1C1CCCCC1O. The van der Waals surface area contributed by atoms with Crippen molar-refractivity contribution in [3.8, 4) is 0 Å². The Labute approximate surface area is 116 Å². The van der Waals surface area contributed by atoms with Gasteiger partial charge >= 0.3 is 0 Å². The van der Waals surface area contributed by atoms with Crippen molar-refractivity contribution in [1.82, 2.24) is 4.90 Å². The zero-order valence-electron chi connectivity index (χ0n) is 12.0. The van der Waals surface area contributed by atoms with Gasteiger partial charge in [0.05, 0.1) is 6.10 Å². The molecule has 3 unspecified atom stereocenters. The van der Waals surface area contributed by atoms with Crippen molar-refractivity contribution in [2.24, 2.45) is 5.92 Å². The lowest BCUT2D eigenvalue weighted by Crippen LogP contribution is -2.46. The second-order valence-electron chi connectivity index (χ2n) is 5.86. The number of rotatable bonds is 5. The number of nitrogens with zero attached hydrogens (tertiary/aromatic N) is 1. The summed E-state index contributed by atoms with van der Waals surface area (Å²) in [5, 5.41) is 10.2. The van der Waals surface area contributed by atoms with Gasteiger partial charge in [0.25, 0.3) is 0 Å². The number of carbonyl (C=O) groups is 1. The summed E-state index contributed by atoms with van der Waals surface area (Å²) in [5.41, 5.74) is 0. The van der Waals surface area contributed by atoms with Gasteiger partial charge in [-0.15, -0.1) is 0 Å². The summed E-state index contributed by atoms with van der Waals surface area (Å²) in [6, 6.07) is 0.244. The Morgan fingerprint density at radius 3 is 2.79 bits per heavy atom. The molecule has 1 saturated heterocycles. The average molecular weight is 269 g/mol. The Bertz CT molecular complexity index is 295. The zero-order chi connectivity index (χ0) is 13.7. The van der Waals surface area contributed by atoms with Crippen LogP contribution in [0.5, 0.6) is 0 Å². The minimum atomic E-state index is -0.219. The smallest absolute Gasteiger partial charge is 0.248 e. The van der Waals surface area contributed by atoms with Crippen molar-refractivity contribution >= 4 is 5.91 Å². The molecule has 1 aliphatic carbocycles. The van der Waals surface area contributed by atoms with Crippen LogP contribution in [0.2, 0.25) is 0 Å². The highest BCUT2D eigenvalue weighted by atomic mass is 16.5. The quantitative estimate of drug-likeness (QED) is 0.776. The van der Waals surface area contributed by atoms with Gasteiger partial charge in [-0.25, -0.2) is 0 Å². The van der Waals surface area contributed by atoms with E-state index in [0.717, 1.165) is 45.1 Å². The molecule has 1 N–H and O–H groups in total. The predicted molar refractivity (Wildman–Crippen MR) is 73.8 cm³/mol. The van der Waals surface area contributed by atoms with Gasteiger partial charge in [0.1, 0.15) is 6.61 Å². The maximum Gasteiger partial charge on any atom is 0.248 e. The van der Waals surface area contributed by atoms with E-state index in [1.165, 1.54) is 6.42 Å². The molecule has 4 heteroatoms. The van der Waals surface area contributed by atoms with Crippen LogP contribution in [0.4, 0.5) is 0 Å². The first-order chi connectivity index (χ1) is 9.24. The maximum atomic E-state index is 12.2. The second-order valence-corrected chi connectivity index (χ2v) is 5.86. The highest BCUT2D eigenvalue weighted by Crippen LogP contribution is 2.34. The molecule has 0 bridgehead atoms. The minimum Gasteiger partial charge on any atom is -0.393 e. The van der Waals surface area contributed by atoms with E-state index in [1.54, 1.807) is 0 Å². The molecule has 3 atom stereocenters. The van der Waals surface area contributed by atoms with Gasteiger partial charge in [0, 0.05) is 25.1 Å². The van der Waals surface area contributed by atoms with Crippen LogP contribution in [0.15, 0.2) is 0 Å². The Morgan fingerprint density at radius 1 is 1.26 bits per heavy atom. The lowest BCUT2D eigenvalue weighted by atomic mass is 9.80. The fourth-order valence-corrected chi connectivity index (χ4v) is 3.52. The Kier molecular flexibility index (Phi) is 5.64. The lowest BCUT2D eigenvalue weighted by molar-refractivity contribution is -0.139. The normalized spacial score (nSPS) is 31.7. The average Bonchev–Trinajstić information content (AvgIpc) is 2.88. The van der Waals surface area contributed by atoms with Crippen molar-refractivity contribution in [2.75, 3.05) is 19.8 Å². The van der Waals surface area contributed by atoms with E-state index in [1.807, 2.05) is 11.8 Å². The Morgan fingerprint density at radius 2 is 2.05 bits per heavy atom. The molecule has 1 heterocycles. The number of hydrogen-bond acceptors (Lipinski definition) is 3. The predicted octanol–water partition coefficient (Wildman–Crippen LogP) is 1.96. The number of hydrogen-bond donors (Lipinski definition) is 1. The molecular formula is C15H27NO3. The molecule has 0 aromatic heterocycles. The van der Waals surface area contributed by atoms with Gasteiger partial charge in [-0.3, -0.25) is 4.79 Å². The molecule has 19 heavy (non-hydrogen) atoms. The highest BCUT2D eigenvalue weighted by Gasteiger charge is 2.38. The molecule has 0 radical (unpaired) electrons. The van der Waals surface area contributed by atoms with Crippen LogP contribution < -0.4 is 0 Å². The summed E-state index contributed by atoms with van der Waals surface area (Å²) >= 11 is 0. The molecule has 0 spiro atoms.